The first-order valence-electron chi connectivity index (χ1n) is 30.8. The normalized spacial score (nSPS) is 15.2. The van der Waals surface area contributed by atoms with Gasteiger partial charge in [0.15, 0.2) is 0 Å². The van der Waals surface area contributed by atoms with Crippen molar-refractivity contribution in [2.24, 2.45) is 11.8 Å². The molecular weight excluding hydrogens is 1000 g/mol. The van der Waals surface area contributed by atoms with E-state index in [1.165, 1.54) is 221 Å². The van der Waals surface area contributed by atoms with Crippen LogP contribution in [0.2, 0.25) is 0 Å². The first-order chi connectivity index (χ1) is 36.7. The Morgan fingerprint density at radius 3 is 1.57 bits per heavy atom. The van der Waals surface area contributed by atoms with Crippen LogP contribution in [-0.2, 0) is 22.0 Å². The van der Waals surface area contributed by atoms with Crippen LogP contribution in [0, 0.1) is 23.2 Å². The lowest BCUT2D eigenvalue weighted by Crippen LogP contribution is -2.33. The van der Waals surface area contributed by atoms with E-state index in [9.17, 15) is 5.26 Å². The fourth-order valence-electron chi connectivity index (χ4n) is 12.2. The van der Waals surface area contributed by atoms with Crippen molar-refractivity contribution in [1.29, 1.82) is 5.26 Å². The van der Waals surface area contributed by atoms with Crippen LogP contribution in [0.25, 0.3) is 41.3 Å². The van der Waals surface area contributed by atoms with Crippen LogP contribution < -0.4 is 0 Å². The van der Waals surface area contributed by atoms with Gasteiger partial charge in [-0.05, 0) is 102 Å². The van der Waals surface area contributed by atoms with Crippen LogP contribution >= 0.6 is 45.3 Å². The lowest BCUT2D eigenvalue weighted by Gasteiger charge is -2.30. The smallest absolute Gasteiger partial charge is 0.260 e. The molecular formula is C68H99N3OS4. The van der Waals surface area contributed by atoms with Gasteiger partial charge in [-0.25, -0.2) is 0 Å². The molecule has 5 aromatic rings. The molecule has 0 fully saturated rings. The minimum Gasteiger partial charge on any atom is -0.365 e. The maximum Gasteiger partial charge on any atom is 0.260 e. The molecule has 76 heavy (non-hydrogen) atoms. The summed E-state index contributed by atoms with van der Waals surface area (Å²) >= 11 is 7.60. The minimum atomic E-state index is 0.00379. The Morgan fingerprint density at radius 1 is 0.526 bits per heavy atom. The van der Waals surface area contributed by atoms with Crippen molar-refractivity contribution >= 4 is 82.8 Å². The van der Waals surface area contributed by atoms with Crippen LogP contribution in [-0.4, -0.2) is 35.3 Å². The largest absolute Gasteiger partial charge is 0.365 e. The highest BCUT2D eigenvalue weighted by atomic mass is 32.1. The number of hydrogen-bond donors (Lipinski definition) is 0. The van der Waals surface area contributed by atoms with Crippen molar-refractivity contribution in [1.82, 2.24) is 9.80 Å². The van der Waals surface area contributed by atoms with E-state index in [1.807, 2.05) is 45.3 Å². The van der Waals surface area contributed by atoms with Gasteiger partial charge in [0.25, 0.3) is 5.91 Å². The zero-order valence-electron chi connectivity index (χ0n) is 49.5. The standard InChI is InChI=1S/C68H99N3OS4/c1-12-17-21-25-27-31-35-48(34-29-23-19-14-3)45-70-47-54-61(63(70)57-40-41-59(74-57)67(6,7)8)66(72)71(46-49(36-30-24-20-15-4)37-32-28-26-22-18-13-2)62(54)56-39-38-55(73-56)58-42-51-50(33-16-5)53(44-69)52-43-60(68(9,10)11)76-65(52)64(51)75-58/h38-43,48-49H,12-37,45-47H2,1-11H3. The number of amides is 1. The maximum atomic E-state index is 16.0. The van der Waals surface area contributed by atoms with E-state index in [0.29, 0.717) is 11.8 Å². The van der Waals surface area contributed by atoms with E-state index < -0.39 is 0 Å². The quantitative estimate of drug-likeness (QED) is 0.0393. The minimum absolute atomic E-state index is 0.00379. The Balaban J connectivity index is 1.35. The van der Waals surface area contributed by atoms with Gasteiger partial charge in [0.1, 0.15) is 6.07 Å². The maximum absolute atomic E-state index is 16.0. The highest BCUT2D eigenvalue weighted by Crippen LogP contribution is 2.52. The summed E-state index contributed by atoms with van der Waals surface area (Å²) in [7, 11) is 0. The molecule has 0 spiro atoms. The van der Waals surface area contributed by atoms with Crippen molar-refractivity contribution in [2.75, 3.05) is 19.6 Å². The molecule has 0 saturated carbocycles. The average Bonchev–Trinajstić information content (AvgIpc) is 4.30. The number of benzene rings is 1. The van der Waals surface area contributed by atoms with Crippen molar-refractivity contribution in [3.63, 3.8) is 0 Å². The van der Waals surface area contributed by atoms with Gasteiger partial charge >= 0.3 is 0 Å². The second-order valence-corrected chi connectivity index (χ2v) is 29.4. The van der Waals surface area contributed by atoms with E-state index in [1.54, 1.807) is 0 Å². The number of carbonyl (C=O) groups excluding carboxylic acids is 1. The third-order valence-electron chi connectivity index (χ3n) is 16.6. The molecule has 2 atom stereocenters. The number of thiophene rings is 4. The second-order valence-electron chi connectivity index (χ2n) is 25.1. The van der Waals surface area contributed by atoms with Crippen LogP contribution in [0.4, 0.5) is 0 Å². The van der Waals surface area contributed by atoms with Crippen LogP contribution in [0.5, 0.6) is 0 Å². The highest BCUT2D eigenvalue weighted by molar-refractivity contribution is 7.30. The summed E-state index contributed by atoms with van der Waals surface area (Å²) < 4.78 is 2.58. The summed E-state index contributed by atoms with van der Waals surface area (Å²) in [6.07, 6.45) is 32.8. The number of fused-ring (bicyclic) bond motifs is 4. The van der Waals surface area contributed by atoms with Gasteiger partial charge in [0.2, 0.25) is 0 Å². The Kier molecular flexibility index (Phi) is 22.9. The summed E-state index contributed by atoms with van der Waals surface area (Å²) in [6.45, 7) is 28.0. The molecule has 0 radical (unpaired) electrons. The first-order valence-corrected chi connectivity index (χ1v) is 34.1. The van der Waals surface area contributed by atoms with E-state index in [-0.39, 0.29) is 16.7 Å². The molecule has 0 aliphatic carbocycles. The molecule has 416 valence electrons. The molecule has 2 aliphatic rings. The predicted molar refractivity (Wildman–Crippen MR) is 339 cm³/mol. The number of unbranched alkanes of at least 4 members (excludes halogenated alkanes) is 16. The summed E-state index contributed by atoms with van der Waals surface area (Å²) in [4.78, 5) is 28.8. The summed E-state index contributed by atoms with van der Waals surface area (Å²) in [5.41, 5.74) is 6.76. The van der Waals surface area contributed by atoms with Crippen LogP contribution in [0.1, 0.15) is 267 Å². The lowest BCUT2D eigenvalue weighted by molar-refractivity contribution is -0.123. The molecule has 4 nitrogen and oxygen atoms in total. The number of carbonyl (C=O) groups is 1. The Bertz CT molecular complexity index is 2750. The van der Waals surface area contributed by atoms with Crippen molar-refractivity contribution in [2.45, 2.75) is 254 Å². The van der Waals surface area contributed by atoms with Crippen LogP contribution in [0.3, 0.4) is 0 Å². The molecule has 8 heteroatoms. The monoisotopic (exact) mass is 1100 g/mol. The first kappa shape index (κ1) is 60.4. The fraction of sp³-hybridized carbons (Fsp3) is 0.647. The van der Waals surface area contributed by atoms with E-state index >= 15 is 4.79 Å². The molecule has 4 aromatic heterocycles. The SMILES string of the molecule is CCCCCCCCC(CCCCCC)CN1CC2=C(c3ccc(-c4cc5c(CCC)c(C#N)c6cc(C(C)(C)C)sc6c5s4)s3)N(CC(CCCCCC)CCCCCCCC)C(=O)C2=C1c1ccc(C(C)(C)C)s1. The predicted octanol–water partition coefficient (Wildman–Crippen LogP) is 22.3. The third kappa shape index (κ3) is 15.0. The molecule has 0 saturated heterocycles. The number of nitrogens with zero attached hydrogens (tertiary/aromatic N) is 3. The van der Waals surface area contributed by atoms with E-state index in [2.05, 4.69) is 128 Å². The average molecular weight is 1100 g/mol. The van der Waals surface area contributed by atoms with Gasteiger partial charge in [-0.1, -0.05) is 211 Å². The van der Waals surface area contributed by atoms with E-state index in [0.717, 1.165) is 49.0 Å². The van der Waals surface area contributed by atoms with Crippen LogP contribution in [0.15, 0.2) is 47.5 Å². The molecule has 0 N–H and O–H groups in total. The Hall–Kier alpha value is -3.22. The van der Waals surface area contributed by atoms with Crippen molar-refractivity contribution < 1.29 is 4.79 Å². The zero-order chi connectivity index (χ0) is 54.4. The Labute approximate surface area is 478 Å². The van der Waals surface area contributed by atoms with E-state index in [4.69, 9.17) is 0 Å². The summed E-state index contributed by atoms with van der Waals surface area (Å²) in [5.74, 6) is 1.32. The number of nitriles is 1. The molecule has 1 aromatic carbocycles. The molecule has 2 aliphatic heterocycles. The van der Waals surface area contributed by atoms with Gasteiger partial charge in [-0.3, -0.25) is 4.79 Å². The van der Waals surface area contributed by atoms with Gasteiger partial charge in [0.05, 0.1) is 41.7 Å². The van der Waals surface area contributed by atoms with Gasteiger partial charge in [-0.15, -0.1) is 45.3 Å². The third-order valence-corrected chi connectivity index (χ3v) is 22.2. The number of aryl methyl sites for hydroxylation is 1. The van der Waals surface area contributed by atoms with Gasteiger partial charge in [0, 0.05) is 50.1 Å². The lowest BCUT2D eigenvalue weighted by atomic mass is 9.92. The van der Waals surface area contributed by atoms with Crippen molar-refractivity contribution in [3.05, 3.63) is 78.2 Å². The molecule has 6 heterocycles. The fourth-order valence-corrected chi connectivity index (χ4v) is 17.0. The highest BCUT2D eigenvalue weighted by Gasteiger charge is 2.45. The number of rotatable bonds is 33. The molecule has 0 bridgehead atoms. The topological polar surface area (TPSA) is 47.3 Å². The Morgan fingerprint density at radius 2 is 1.03 bits per heavy atom. The second kappa shape index (κ2) is 28.8. The van der Waals surface area contributed by atoms with Gasteiger partial charge < -0.3 is 9.80 Å². The molecule has 7 rings (SSSR count). The van der Waals surface area contributed by atoms with Crippen molar-refractivity contribution in [3.8, 4) is 15.8 Å². The summed E-state index contributed by atoms with van der Waals surface area (Å²) in [6, 6.07) is 16.9. The number of hydrogen-bond acceptors (Lipinski definition) is 7. The summed E-state index contributed by atoms with van der Waals surface area (Å²) in [5, 5.41) is 13.1. The van der Waals surface area contributed by atoms with Gasteiger partial charge in [-0.2, -0.15) is 5.26 Å². The molecule has 1 amide bonds. The zero-order valence-corrected chi connectivity index (χ0v) is 52.8. The molecule has 2 unspecified atom stereocenters.